The zero-order valence-electron chi connectivity index (χ0n) is 18.8. The van der Waals surface area contributed by atoms with E-state index >= 15 is 0 Å². The molecule has 1 amide bonds. The number of aromatic nitrogens is 4. The number of rotatable bonds is 9. The predicted molar refractivity (Wildman–Crippen MR) is 118 cm³/mol. The summed E-state index contributed by atoms with van der Waals surface area (Å²) in [6, 6.07) is 2.41. The van der Waals surface area contributed by atoms with Crippen LogP contribution in [0.2, 0.25) is 0 Å². The number of piperidine rings is 1. The summed E-state index contributed by atoms with van der Waals surface area (Å²) in [5.74, 6) is 0.497. The minimum atomic E-state index is -0.443. The number of aryl methyl sites for hydroxylation is 1. The van der Waals surface area contributed by atoms with Gasteiger partial charge in [-0.1, -0.05) is 33.1 Å². The van der Waals surface area contributed by atoms with Crippen LogP contribution in [0.4, 0.5) is 0 Å². The lowest BCUT2D eigenvalue weighted by molar-refractivity contribution is -0.121. The van der Waals surface area contributed by atoms with Gasteiger partial charge in [-0.05, 0) is 51.6 Å². The molecule has 164 valence electrons. The number of likely N-dealkylation sites (tertiary alicyclic amines) is 1. The Balaban J connectivity index is 1.88. The Kier molecular flexibility index (Phi) is 7.58. The normalized spacial score (nSPS) is 19.7. The van der Waals surface area contributed by atoms with Gasteiger partial charge in [-0.15, -0.1) is 0 Å². The van der Waals surface area contributed by atoms with Crippen LogP contribution in [0.5, 0.6) is 0 Å². The van der Waals surface area contributed by atoms with Gasteiger partial charge in [0.15, 0.2) is 0 Å². The molecule has 0 bridgehead atoms. The van der Waals surface area contributed by atoms with Gasteiger partial charge in [0, 0.05) is 30.2 Å². The highest BCUT2D eigenvalue weighted by Gasteiger charge is 2.37. The van der Waals surface area contributed by atoms with Gasteiger partial charge in [0.25, 0.3) is 0 Å². The van der Waals surface area contributed by atoms with E-state index in [0.29, 0.717) is 17.7 Å². The molecular weight excluding hydrogens is 376 g/mol. The molecule has 1 saturated heterocycles. The second kappa shape index (κ2) is 10.2. The van der Waals surface area contributed by atoms with E-state index in [1.54, 1.807) is 17.1 Å². The van der Waals surface area contributed by atoms with E-state index in [9.17, 15) is 4.79 Å². The Morgan fingerprint density at radius 3 is 2.70 bits per heavy atom. The fraction of sp³-hybridized carbons (Fsp3) is 0.652. The van der Waals surface area contributed by atoms with Crippen molar-refractivity contribution >= 4 is 5.91 Å². The van der Waals surface area contributed by atoms with Crippen molar-refractivity contribution in [1.29, 1.82) is 0 Å². The summed E-state index contributed by atoms with van der Waals surface area (Å²) in [5, 5.41) is 0. The lowest BCUT2D eigenvalue weighted by atomic mass is 9.85. The standard InChI is InChI=1S/C23H36N6O/c1-16(2)8-7-9-18(4)29-12-6-5-10-20(29)21(22(24)30)19-14-17(3)26-23(27-19)28-13-11-25-15-28/h11,13-16,18,20-21H,5-10,12H2,1-4H3,(H2,24,30). The van der Waals surface area contributed by atoms with E-state index < -0.39 is 5.92 Å². The number of nitrogens with two attached hydrogens (primary N) is 1. The van der Waals surface area contributed by atoms with Gasteiger partial charge in [0.05, 0.1) is 11.6 Å². The van der Waals surface area contributed by atoms with Gasteiger partial charge >= 0.3 is 0 Å². The van der Waals surface area contributed by atoms with Crippen molar-refractivity contribution in [3.05, 3.63) is 36.2 Å². The van der Waals surface area contributed by atoms with E-state index in [0.717, 1.165) is 37.4 Å². The maximum atomic E-state index is 12.7. The minimum absolute atomic E-state index is 0.0789. The number of hydrogen-bond acceptors (Lipinski definition) is 5. The third-order valence-electron chi connectivity index (χ3n) is 6.17. The largest absolute Gasteiger partial charge is 0.369 e. The quantitative estimate of drug-likeness (QED) is 0.679. The summed E-state index contributed by atoms with van der Waals surface area (Å²) in [5.41, 5.74) is 7.51. The van der Waals surface area contributed by atoms with Crippen molar-refractivity contribution in [2.45, 2.75) is 84.2 Å². The molecule has 30 heavy (non-hydrogen) atoms. The summed E-state index contributed by atoms with van der Waals surface area (Å²) < 4.78 is 1.77. The Morgan fingerprint density at radius 2 is 2.03 bits per heavy atom. The molecule has 0 radical (unpaired) electrons. The molecular formula is C23H36N6O. The summed E-state index contributed by atoms with van der Waals surface area (Å²) in [7, 11) is 0. The van der Waals surface area contributed by atoms with Crippen LogP contribution in [0.25, 0.3) is 5.95 Å². The van der Waals surface area contributed by atoms with Crippen LogP contribution in [-0.4, -0.2) is 49.0 Å². The third-order valence-corrected chi connectivity index (χ3v) is 6.17. The number of imidazole rings is 1. The molecule has 3 heterocycles. The van der Waals surface area contributed by atoms with E-state index in [4.69, 9.17) is 10.7 Å². The van der Waals surface area contributed by atoms with Gasteiger partial charge < -0.3 is 5.73 Å². The number of amides is 1. The minimum Gasteiger partial charge on any atom is -0.369 e. The molecule has 0 saturated carbocycles. The van der Waals surface area contributed by atoms with E-state index in [1.807, 2.05) is 19.2 Å². The highest BCUT2D eigenvalue weighted by atomic mass is 16.1. The molecule has 1 aliphatic heterocycles. The first-order valence-corrected chi connectivity index (χ1v) is 11.3. The molecule has 3 rings (SSSR count). The zero-order chi connectivity index (χ0) is 21.7. The van der Waals surface area contributed by atoms with Crippen LogP contribution >= 0.6 is 0 Å². The molecule has 7 heteroatoms. The van der Waals surface area contributed by atoms with Crippen molar-refractivity contribution in [2.75, 3.05) is 6.54 Å². The van der Waals surface area contributed by atoms with Crippen LogP contribution in [0.3, 0.4) is 0 Å². The van der Waals surface area contributed by atoms with Gasteiger partial charge in [0.2, 0.25) is 11.9 Å². The monoisotopic (exact) mass is 412 g/mol. The number of carbonyl (C=O) groups excluding carboxylic acids is 1. The molecule has 7 nitrogen and oxygen atoms in total. The third kappa shape index (κ3) is 5.45. The van der Waals surface area contributed by atoms with Crippen LogP contribution in [0.15, 0.2) is 24.8 Å². The Bertz CT molecular complexity index is 819. The molecule has 3 atom stereocenters. The van der Waals surface area contributed by atoms with Crippen LogP contribution in [0, 0.1) is 12.8 Å². The maximum absolute atomic E-state index is 12.7. The van der Waals surface area contributed by atoms with Crippen molar-refractivity contribution in [3.8, 4) is 5.95 Å². The molecule has 0 aliphatic carbocycles. The molecule has 3 unspecified atom stereocenters. The van der Waals surface area contributed by atoms with Crippen molar-refractivity contribution in [1.82, 2.24) is 24.4 Å². The first kappa shape index (κ1) is 22.4. The highest BCUT2D eigenvalue weighted by Crippen LogP contribution is 2.32. The number of primary amides is 1. The lowest BCUT2D eigenvalue weighted by Gasteiger charge is -2.43. The average molecular weight is 413 g/mol. The number of nitrogens with zero attached hydrogens (tertiary/aromatic N) is 5. The topological polar surface area (TPSA) is 89.9 Å². The van der Waals surface area contributed by atoms with Crippen molar-refractivity contribution < 1.29 is 4.79 Å². The highest BCUT2D eigenvalue weighted by molar-refractivity contribution is 5.82. The van der Waals surface area contributed by atoms with Gasteiger partial charge in [-0.2, -0.15) is 0 Å². The first-order chi connectivity index (χ1) is 14.4. The maximum Gasteiger partial charge on any atom is 0.235 e. The lowest BCUT2D eigenvalue weighted by Crippen LogP contribution is -2.51. The second-order valence-electron chi connectivity index (χ2n) is 9.06. The number of carbonyl (C=O) groups is 1. The summed E-state index contributed by atoms with van der Waals surface area (Å²) in [4.78, 5) is 28.5. The van der Waals surface area contributed by atoms with Gasteiger partial charge in [0.1, 0.15) is 6.33 Å². The van der Waals surface area contributed by atoms with Crippen molar-refractivity contribution in [3.63, 3.8) is 0 Å². The summed E-state index contributed by atoms with van der Waals surface area (Å²) in [6.07, 6.45) is 12.0. The van der Waals surface area contributed by atoms with Gasteiger partial charge in [-0.25, -0.2) is 15.0 Å². The molecule has 2 aromatic rings. The summed E-state index contributed by atoms with van der Waals surface area (Å²) in [6.45, 7) is 9.77. The van der Waals surface area contributed by atoms with Gasteiger partial charge in [-0.3, -0.25) is 14.3 Å². The SMILES string of the molecule is Cc1cc(C(C(N)=O)C2CCCCN2C(C)CCCC(C)C)nc(-n2ccnc2)n1. The Hall–Kier alpha value is -2.28. The van der Waals surface area contributed by atoms with Crippen LogP contribution in [0.1, 0.15) is 76.6 Å². The second-order valence-corrected chi connectivity index (χ2v) is 9.06. The smallest absolute Gasteiger partial charge is 0.235 e. The zero-order valence-corrected chi connectivity index (χ0v) is 18.8. The molecule has 2 aromatic heterocycles. The van der Waals surface area contributed by atoms with E-state index in [-0.39, 0.29) is 11.9 Å². The van der Waals surface area contributed by atoms with E-state index in [1.165, 1.54) is 19.3 Å². The van der Waals surface area contributed by atoms with Crippen LogP contribution in [-0.2, 0) is 4.79 Å². The first-order valence-electron chi connectivity index (χ1n) is 11.3. The molecule has 0 aromatic carbocycles. The summed E-state index contributed by atoms with van der Waals surface area (Å²) >= 11 is 0. The number of hydrogen-bond donors (Lipinski definition) is 1. The van der Waals surface area contributed by atoms with E-state index in [2.05, 4.69) is 35.6 Å². The molecule has 2 N–H and O–H groups in total. The van der Waals surface area contributed by atoms with Crippen molar-refractivity contribution in [2.24, 2.45) is 11.7 Å². The molecule has 1 aliphatic rings. The Labute approximate surface area is 180 Å². The molecule has 0 spiro atoms. The van der Waals surface area contributed by atoms with Crippen LogP contribution < -0.4 is 5.73 Å². The molecule has 1 fully saturated rings. The fourth-order valence-electron chi connectivity index (χ4n) is 4.63. The average Bonchev–Trinajstić information content (AvgIpc) is 3.22. The fourth-order valence-corrected chi connectivity index (χ4v) is 4.63. The Morgan fingerprint density at radius 1 is 1.23 bits per heavy atom. The predicted octanol–water partition coefficient (Wildman–Crippen LogP) is 3.61.